The summed E-state index contributed by atoms with van der Waals surface area (Å²) in [5.41, 5.74) is -1.93. The molecule has 0 radical (unpaired) electrons. The van der Waals surface area contributed by atoms with Crippen molar-refractivity contribution in [2.24, 2.45) is 0 Å². The summed E-state index contributed by atoms with van der Waals surface area (Å²) in [6.45, 7) is 3.91. The molecule has 1 unspecified atom stereocenters. The second kappa shape index (κ2) is 21.1. The van der Waals surface area contributed by atoms with Crippen LogP contribution in [-0.2, 0) is 19.6 Å². The molecule has 0 fully saturated rings. The van der Waals surface area contributed by atoms with Crippen molar-refractivity contribution in [3.05, 3.63) is 35.4 Å². The maximum Gasteiger partial charge on any atom is 1.00 e. The number of rotatable bonds is 20. The molecule has 0 spiro atoms. The van der Waals surface area contributed by atoms with Gasteiger partial charge in [-0.25, -0.2) is 18.0 Å². The molecule has 1 aromatic carbocycles. The average Bonchev–Trinajstić information content (AvgIpc) is 2.83. The summed E-state index contributed by atoms with van der Waals surface area (Å²) < 4.78 is 43.7. The fraction of sp³-hybridized carbons (Fsp3) is 0.704. The van der Waals surface area contributed by atoms with Gasteiger partial charge in [-0.15, -0.1) is 0 Å². The van der Waals surface area contributed by atoms with Crippen molar-refractivity contribution in [2.45, 2.75) is 116 Å². The maximum atomic E-state index is 12.4. The Morgan fingerprint density at radius 3 is 1.58 bits per heavy atom. The topological polar surface area (TPSA) is 110 Å². The largest absolute Gasteiger partial charge is 1.00 e. The van der Waals surface area contributed by atoms with E-state index in [1.807, 2.05) is 0 Å². The zero-order chi connectivity index (χ0) is 25.9. The first-order chi connectivity index (χ1) is 16.8. The van der Waals surface area contributed by atoms with Gasteiger partial charge in [0.1, 0.15) is 10.1 Å². The van der Waals surface area contributed by atoms with Crippen LogP contribution in [0.1, 0.15) is 131 Å². The van der Waals surface area contributed by atoms with Gasteiger partial charge >= 0.3 is 41.5 Å². The van der Waals surface area contributed by atoms with Crippen LogP contribution in [0, 0.1) is 0 Å². The van der Waals surface area contributed by atoms with Gasteiger partial charge in [0.2, 0.25) is 0 Å². The molecular weight excluding hydrogens is 491 g/mol. The molecule has 1 atom stereocenters. The molecule has 1 aromatic rings. The van der Waals surface area contributed by atoms with Crippen LogP contribution in [0.5, 0.6) is 0 Å². The third-order valence-electron chi connectivity index (χ3n) is 5.99. The van der Waals surface area contributed by atoms with E-state index in [4.69, 9.17) is 9.47 Å². The first-order valence-electron chi connectivity index (χ1n) is 13.2. The zero-order valence-corrected chi connectivity index (χ0v) is 25.3. The third-order valence-corrected chi connectivity index (χ3v) is 7.07. The molecule has 0 amide bonds. The number of benzene rings is 1. The monoisotopic (exact) mass is 534 g/mol. The molecule has 9 heteroatoms. The van der Waals surface area contributed by atoms with E-state index in [1.165, 1.54) is 95.8 Å². The Labute approximate surface area is 240 Å². The number of hydrogen-bond donors (Lipinski definition) is 0. The van der Waals surface area contributed by atoms with Crippen LogP contribution >= 0.6 is 0 Å². The van der Waals surface area contributed by atoms with Gasteiger partial charge in [-0.1, -0.05) is 109 Å². The van der Waals surface area contributed by atoms with Crippen LogP contribution in [0.4, 0.5) is 0 Å². The summed E-state index contributed by atoms with van der Waals surface area (Å²) in [6, 6.07) is 5.85. The summed E-state index contributed by atoms with van der Waals surface area (Å²) >= 11 is 0. The summed E-state index contributed by atoms with van der Waals surface area (Å²) in [5.74, 6) is -1.72. The van der Waals surface area contributed by atoms with E-state index in [-0.39, 0.29) is 53.7 Å². The van der Waals surface area contributed by atoms with Gasteiger partial charge in [-0.05, 0) is 25.0 Å². The van der Waals surface area contributed by atoms with Crippen LogP contribution in [0.25, 0.3) is 0 Å². The van der Waals surface area contributed by atoms with Crippen molar-refractivity contribution in [1.82, 2.24) is 0 Å². The number of ether oxygens (including phenoxy) is 2. The molecule has 200 valence electrons. The molecule has 0 aromatic heterocycles. The Hall–Kier alpha value is -0.930. The average molecular weight is 535 g/mol. The zero-order valence-electron chi connectivity index (χ0n) is 22.5. The van der Waals surface area contributed by atoms with Gasteiger partial charge in [-0.2, -0.15) is 0 Å². The predicted molar refractivity (Wildman–Crippen MR) is 136 cm³/mol. The summed E-state index contributed by atoms with van der Waals surface area (Å²) in [6.07, 6.45) is 17.1. The van der Waals surface area contributed by atoms with E-state index < -0.39 is 27.5 Å². The third kappa shape index (κ3) is 15.4. The van der Waals surface area contributed by atoms with Crippen LogP contribution in [0.2, 0.25) is 0 Å². The number of unbranched alkanes of at least 4 members (excludes halogenated alkanes) is 13. The molecule has 0 N–H and O–H groups in total. The van der Waals surface area contributed by atoms with Crippen LogP contribution in [0.15, 0.2) is 24.3 Å². The minimum atomic E-state index is -4.80. The number of carbonyl (C=O) groups excluding carboxylic acids is 2. The quantitative estimate of drug-likeness (QED) is 0.108. The van der Waals surface area contributed by atoms with Crippen molar-refractivity contribution in [3.8, 4) is 0 Å². The number of hydrogen-bond acceptors (Lipinski definition) is 7. The van der Waals surface area contributed by atoms with E-state index in [0.29, 0.717) is 0 Å². The van der Waals surface area contributed by atoms with E-state index in [2.05, 4.69) is 6.92 Å². The molecular formula is C27H43NaO7S. The Bertz CT molecular complexity index is 842. The summed E-state index contributed by atoms with van der Waals surface area (Å²) in [5, 5.41) is 0. The van der Waals surface area contributed by atoms with Crippen molar-refractivity contribution in [1.29, 1.82) is 0 Å². The Kier molecular flexibility index (Phi) is 20.5. The van der Waals surface area contributed by atoms with Gasteiger partial charge in [0.15, 0.2) is 5.44 Å². The SMILES string of the molecule is CCCCCCCCCCCCCCCCOC(=O)c1ccccc1C(=O)OC(CC)S(=O)(=O)[O-].[Na+]. The first kappa shape index (κ1) is 35.1. The van der Waals surface area contributed by atoms with Gasteiger partial charge < -0.3 is 14.0 Å². The van der Waals surface area contributed by atoms with Crippen molar-refractivity contribution >= 4 is 22.1 Å². The summed E-state index contributed by atoms with van der Waals surface area (Å²) in [7, 11) is -4.80. The predicted octanol–water partition coefficient (Wildman–Crippen LogP) is 3.77. The van der Waals surface area contributed by atoms with Crippen LogP contribution in [0.3, 0.4) is 0 Å². The fourth-order valence-electron chi connectivity index (χ4n) is 3.91. The van der Waals surface area contributed by atoms with Crippen molar-refractivity contribution < 1.29 is 61.6 Å². The molecule has 7 nitrogen and oxygen atoms in total. The van der Waals surface area contributed by atoms with E-state index >= 15 is 0 Å². The molecule has 0 bridgehead atoms. The van der Waals surface area contributed by atoms with Crippen LogP contribution in [-0.4, -0.2) is 37.0 Å². The fourth-order valence-corrected chi connectivity index (χ4v) is 4.52. The minimum absolute atomic E-state index is 0. The van der Waals surface area contributed by atoms with E-state index in [1.54, 1.807) is 6.07 Å². The molecule has 0 heterocycles. The molecule has 36 heavy (non-hydrogen) atoms. The molecule has 0 aliphatic rings. The van der Waals surface area contributed by atoms with Gasteiger partial charge in [0.05, 0.1) is 17.7 Å². The van der Waals surface area contributed by atoms with E-state index in [9.17, 15) is 22.6 Å². The Morgan fingerprint density at radius 2 is 1.17 bits per heavy atom. The summed E-state index contributed by atoms with van der Waals surface area (Å²) in [4.78, 5) is 24.8. The molecule has 0 aliphatic heterocycles. The second-order valence-corrected chi connectivity index (χ2v) is 10.5. The second-order valence-electron chi connectivity index (χ2n) is 9.01. The maximum absolute atomic E-state index is 12.4. The Morgan fingerprint density at radius 1 is 0.750 bits per heavy atom. The van der Waals surface area contributed by atoms with Gasteiger partial charge in [0.25, 0.3) is 0 Å². The molecule has 0 saturated carbocycles. The van der Waals surface area contributed by atoms with Gasteiger partial charge in [0, 0.05) is 0 Å². The molecule has 1 rings (SSSR count). The Balaban J connectivity index is 0.0000122. The van der Waals surface area contributed by atoms with Crippen LogP contribution < -0.4 is 29.6 Å². The standard InChI is InChI=1S/C27H44O7S.Na/c1-3-5-6-7-8-9-10-11-12-13-14-15-16-19-22-33-26(28)23-20-17-18-21-24(23)27(29)34-25(4-2)35(30,31)32;/h17-18,20-21,25H,3-16,19,22H2,1-2H3,(H,30,31,32);/q;+1/p-1. The molecule has 0 aliphatic carbocycles. The van der Waals surface area contributed by atoms with Gasteiger partial charge in [-0.3, -0.25) is 0 Å². The van der Waals surface area contributed by atoms with Crippen molar-refractivity contribution in [2.75, 3.05) is 6.61 Å². The number of esters is 2. The number of carbonyl (C=O) groups is 2. The minimum Gasteiger partial charge on any atom is -0.745 e. The molecule has 0 saturated heterocycles. The normalized spacial score (nSPS) is 12.0. The van der Waals surface area contributed by atoms with Crippen molar-refractivity contribution in [3.63, 3.8) is 0 Å². The first-order valence-corrected chi connectivity index (χ1v) is 14.7. The smallest absolute Gasteiger partial charge is 0.745 e. The van der Waals surface area contributed by atoms with E-state index in [0.717, 1.165) is 19.3 Å².